The second-order valence-corrected chi connectivity index (χ2v) is 7.22. The van der Waals surface area contributed by atoms with Crippen LogP contribution in [0.5, 0.6) is 11.5 Å². The Balaban J connectivity index is 1.56. The van der Waals surface area contributed by atoms with Crippen LogP contribution < -0.4 is 15.0 Å². The lowest BCUT2D eigenvalue weighted by molar-refractivity contribution is 0.171. The molecule has 7 heteroatoms. The van der Waals surface area contributed by atoms with E-state index in [2.05, 4.69) is 20.9 Å². The van der Waals surface area contributed by atoms with E-state index in [0.717, 1.165) is 26.6 Å². The third kappa shape index (κ3) is 3.14. The summed E-state index contributed by atoms with van der Waals surface area (Å²) in [5.41, 5.74) is 1.31. The van der Waals surface area contributed by atoms with Gasteiger partial charge in [0.05, 0.1) is 5.69 Å². The molecule has 122 valence electrons. The van der Waals surface area contributed by atoms with Crippen molar-refractivity contribution in [2.45, 2.75) is 10.6 Å². The summed E-state index contributed by atoms with van der Waals surface area (Å²) in [6, 6.07) is 11.1. The molecular formula is C17H13BrN2O3S. The quantitative estimate of drug-likeness (QED) is 0.625. The van der Waals surface area contributed by atoms with Gasteiger partial charge in [-0.15, -0.1) is 11.8 Å². The van der Waals surface area contributed by atoms with Crippen LogP contribution in [0.1, 0.15) is 5.69 Å². The van der Waals surface area contributed by atoms with Gasteiger partial charge in [-0.1, -0.05) is 0 Å². The Hall–Kier alpha value is -1.99. The van der Waals surface area contributed by atoms with E-state index in [4.69, 9.17) is 9.47 Å². The van der Waals surface area contributed by atoms with Gasteiger partial charge in [0.2, 0.25) is 0 Å². The van der Waals surface area contributed by atoms with Crippen LogP contribution in [0.2, 0.25) is 0 Å². The molecule has 0 atom stereocenters. The predicted molar refractivity (Wildman–Crippen MR) is 96.2 cm³/mol. The number of ether oxygens (including phenoxy) is 2. The maximum absolute atomic E-state index is 12.2. The molecular weight excluding hydrogens is 392 g/mol. The monoisotopic (exact) mass is 404 g/mol. The van der Waals surface area contributed by atoms with E-state index < -0.39 is 0 Å². The zero-order valence-electron chi connectivity index (χ0n) is 12.6. The average molecular weight is 405 g/mol. The van der Waals surface area contributed by atoms with Crippen molar-refractivity contribution < 1.29 is 9.47 Å². The molecule has 0 saturated heterocycles. The normalized spacial score (nSPS) is 13.2. The first-order valence-corrected chi connectivity index (χ1v) is 9.17. The zero-order chi connectivity index (χ0) is 16.5. The first-order valence-electron chi connectivity index (χ1n) is 7.39. The van der Waals surface area contributed by atoms with E-state index in [-0.39, 0.29) is 5.56 Å². The van der Waals surface area contributed by atoms with E-state index in [9.17, 15) is 4.79 Å². The summed E-state index contributed by atoms with van der Waals surface area (Å²) in [6.07, 6.45) is 1.72. The van der Waals surface area contributed by atoms with Crippen LogP contribution in [0, 0.1) is 0 Å². The highest BCUT2D eigenvalue weighted by Gasteiger charge is 2.12. The largest absolute Gasteiger partial charge is 0.486 e. The van der Waals surface area contributed by atoms with Crippen LogP contribution in [0.4, 0.5) is 0 Å². The molecule has 0 unspecified atom stereocenters. The highest BCUT2D eigenvalue weighted by atomic mass is 79.9. The molecule has 0 spiro atoms. The summed E-state index contributed by atoms with van der Waals surface area (Å²) in [5.74, 6) is 2.16. The molecule has 0 fully saturated rings. The Kier molecular flexibility index (Phi) is 4.20. The number of pyridine rings is 1. The maximum Gasteiger partial charge on any atom is 0.258 e. The molecule has 3 aromatic rings. The van der Waals surface area contributed by atoms with Crippen molar-refractivity contribution in [3.8, 4) is 11.5 Å². The van der Waals surface area contributed by atoms with Crippen molar-refractivity contribution in [3.63, 3.8) is 0 Å². The number of hydrogen-bond donors (Lipinski definition) is 0. The smallest absolute Gasteiger partial charge is 0.258 e. The Morgan fingerprint density at radius 2 is 1.96 bits per heavy atom. The lowest BCUT2D eigenvalue weighted by Crippen LogP contribution is -2.15. The number of nitrogens with zero attached hydrogens (tertiary/aromatic N) is 2. The van der Waals surface area contributed by atoms with Crippen molar-refractivity contribution in [2.24, 2.45) is 0 Å². The van der Waals surface area contributed by atoms with Crippen LogP contribution in [0.25, 0.3) is 5.65 Å². The van der Waals surface area contributed by atoms with Gasteiger partial charge in [0.15, 0.2) is 11.5 Å². The minimum absolute atomic E-state index is 0.0842. The van der Waals surface area contributed by atoms with Crippen LogP contribution in [-0.2, 0) is 5.75 Å². The fraction of sp³-hybridized carbons (Fsp3) is 0.176. The van der Waals surface area contributed by atoms with Crippen LogP contribution in [0.3, 0.4) is 0 Å². The molecule has 1 aliphatic heterocycles. The number of benzene rings is 1. The first kappa shape index (κ1) is 15.5. The molecule has 0 saturated carbocycles. The number of fused-ring (bicyclic) bond motifs is 2. The molecule has 0 bridgehead atoms. The van der Waals surface area contributed by atoms with Crippen molar-refractivity contribution in [1.82, 2.24) is 9.38 Å². The molecule has 4 rings (SSSR count). The highest BCUT2D eigenvalue weighted by molar-refractivity contribution is 9.10. The minimum Gasteiger partial charge on any atom is -0.486 e. The summed E-state index contributed by atoms with van der Waals surface area (Å²) in [7, 11) is 0. The van der Waals surface area contributed by atoms with Gasteiger partial charge in [0, 0.05) is 27.4 Å². The predicted octanol–water partition coefficient (Wildman–Crippen LogP) is 3.52. The molecule has 3 heterocycles. The summed E-state index contributed by atoms with van der Waals surface area (Å²) in [4.78, 5) is 17.8. The molecule has 24 heavy (non-hydrogen) atoms. The average Bonchev–Trinajstić information content (AvgIpc) is 2.60. The Labute approximate surface area is 150 Å². The van der Waals surface area contributed by atoms with Crippen molar-refractivity contribution >= 4 is 33.3 Å². The fourth-order valence-electron chi connectivity index (χ4n) is 2.47. The van der Waals surface area contributed by atoms with Crippen LogP contribution in [-0.4, -0.2) is 22.6 Å². The van der Waals surface area contributed by atoms with Gasteiger partial charge in [-0.05, 0) is 46.3 Å². The van der Waals surface area contributed by atoms with Crippen molar-refractivity contribution in [3.05, 3.63) is 63.1 Å². The molecule has 5 nitrogen and oxygen atoms in total. The Morgan fingerprint density at radius 1 is 1.12 bits per heavy atom. The van der Waals surface area contributed by atoms with Gasteiger partial charge in [-0.25, -0.2) is 4.98 Å². The third-order valence-electron chi connectivity index (χ3n) is 3.58. The fourth-order valence-corrected chi connectivity index (χ4v) is 3.62. The SMILES string of the molecule is O=c1cc(CSc2ccc3c(c2)OCCO3)nc2ccc(Br)cn12. The molecule has 0 radical (unpaired) electrons. The molecule has 0 aliphatic carbocycles. The summed E-state index contributed by atoms with van der Waals surface area (Å²) in [5, 5.41) is 0. The highest BCUT2D eigenvalue weighted by Crippen LogP contribution is 2.34. The van der Waals surface area contributed by atoms with E-state index in [1.165, 1.54) is 4.40 Å². The minimum atomic E-state index is -0.0842. The standard InChI is InChI=1S/C17H13BrN2O3S/c18-11-1-4-16-19-12(7-17(21)20(16)9-11)10-24-13-2-3-14-15(8-13)23-6-5-22-14/h1-4,7-9H,5-6,10H2. The van der Waals surface area contributed by atoms with Crippen LogP contribution >= 0.6 is 27.7 Å². The Morgan fingerprint density at radius 3 is 2.83 bits per heavy atom. The number of thioether (sulfide) groups is 1. The second kappa shape index (κ2) is 6.49. The van der Waals surface area contributed by atoms with Crippen molar-refractivity contribution in [1.29, 1.82) is 0 Å². The third-order valence-corrected chi connectivity index (χ3v) is 5.07. The molecule has 2 aromatic heterocycles. The molecule has 1 aromatic carbocycles. The van der Waals surface area contributed by atoms with Crippen molar-refractivity contribution in [2.75, 3.05) is 13.2 Å². The topological polar surface area (TPSA) is 52.8 Å². The summed E-state index contributed by atoms with van der Waals surface area (Å²) in [6.45, 7) is 1.15. The van der Waals surface area contributed by atoms with Gasteiger partial charge >= 0.3 is 0 Å². The van der Waals surface area contributed by atoms with E-state index in [1.54, 1.807) is 24.0 Å². The number of halogens is 1. The first-order chi connectivity index (χ1) is 11.7. The van der Waals surface area contributed by atoms with Gasteiger partial charge < -0.3 is 9.47 Å². The lowest BCUT2D eigenvalue weighted by Gasteiger charge is -2.18. The molecule has 1 aliphatic rings. The second-order valence-electron chi connectivity index (χ2n) is 5.26. The van der Waals surface area contributed by atoms with E-state index in [1.807, 2.05) is 30.3 Å². The molecule has 0 N–H and O–H groups in total. The summed E-state index contributed by atoms with van der Waals surface area (Å²) >= 11 is 4.97. The van der Waals surface area contributed by atoms with Gasteiger partial charge in [0.25, 0.3) is 5.56 Å². The van der Waals surface area contributed by atoms with Gasteiger partial charge in [0.1, 0.15) is 18.9 Å². The Bertz CT molecular complexity index is 974. The number of rotatable bonds is 3. The number of aromatic nitrogens is 2. The van der Waals surface area contributed by atoms with E-state index in [0.29, 0.717) is 24.6 Å². The lowest BCUT2D eigenvalue weighted by atomic mass is 10.3. The van der Waals surface area contributed by atoms with Gasteiger partial charge in [-0.3, -0.25) is 9.20 Å². The zero-order valence-corrected chi connectivity index (χ0v) is 15.0. The van der Waals surface area contributed by atoms with Gasteiger partial charge in [-0.2, -0.15) is 0 Å². The number of hydrogen-bond acceptors (Lipinski definition) is 5. The summed E-state index contributed by atoms with van der Waals surface area (Å²) < 4.78 is 13.5. The van der Waals surface area contributed by atoms with Crippen LogP contribution in [0.15, 0.2) is 56.8 Å². The molecule has 0 amide bonds. The van der Waals surface area contributed by atoms with E-state index >= 15 is 0 Å². The maximum atomic E-state index is 12.2.